The fourth-order valence-electron chi connectivity index (χ4n) is 1.91. The zero-order valence-electron chi connectivity index (χ0n) is 10.1. The van der Waals surface area contributed by atoms with E-state index in [0.29, 0.717) is 0 Å². The molecule has 0 aliphatic rings. The van der Waals surface area contributed by atoms with Crippen LogP contribution in [0.5, 0.6) is 0 Å². The van der Waals surface area contributed by atoms with E-state index >= 15 is 0 Å². The molecule has 2 aromatic heterocycles. The third-order valence-electron chi connectivity index (χ3n) is 2.95. The molecule has 0 radical (unpaired) electrons. The first-order chi connectivity index (χ1) is 8.22. The molecule has 0 fully saturated rings. The molecule has 17 heavy (non-hydrogen) atoms. The van der Waals surface area contributed by atoms with E-state index in [4.69, 9.17) is 5.84 Å². The lowest BCUT2D eigenvalue weighted by atomic mass is 10.0. The molecular formula is C12H17N5. The number of nitrogens with two attached hydrogens (primary N) is 1. The first kappa shape index (κ1) is 11.8. The molecule has 5 nitrogen and oxygen atoms in total. The molecule has 2 heterocycles. The summed E-state index contributed by atoms with van der Waals surface area (Å²) >= 11 is 0. The highest BCUT2D eigenvalue weighted by atomic mass is 15.2. The molecule has 0 saturated carbocycles. The van der Waals surface area contributed by atoms with Crippen LogP contribution in [0.1, 0.15) is 23.0 Å². The number of pyridine rings is 1. The second kappa shape index (κ2) is 5.07. The summed E-state index contributed by atoms with van der Waals surface area (Å²) in [5, 5.41) is 0. The van der Waals surface area contributed by atoms with Crippen molar-refractivity contribution in [1.82, 2.24) is 20.0 Å². The summed E-state index contributed by atoms with van der Waals surface area (Å²) in [7, 11) is 1.98. The highest BCUT2D eigenvalue weighted by molar-refractivity contribution is 5.26. The molecule has 0 spiro atoms. The molecule has 90 valence electrons. The van der Waals surface area contributed by atoms with Gasteiger partial charge in [0.25, 0.3) is 0 Å². The number of imidazole rings is 1. The largest absolute Gasteiger partial charge is 0.338 e. The number of hydrogen-bond donors (Lipinski definition) is 2. The Bertz CT molecular complexity index is 491. The third kappa shape index (κ3) is 2.51. The molecule has 0 bridgehead atoms. The van der Waals surface area contributed by atoms with Crippen LogP contribution in [0.25, 0.3) is 0 Å². The first-order valence-corrected chi connectivity index (χ1v) is 5.55. The van der Waals surface area contributed by atoms with Crippen molar-refractivity contribution in [2.24, 2.45) is 12.9 Å². The van der Waals surface area contributed by atoms with Crippen molar-refractivity contribution in [2.75, 3.05) is 0 Å². The lowest BCUT2D eigenvalue weighted by Crippen LogP contribution is -2.30. The van der Waals surface area contributed by atoms with Gasteiger partial charge in [0.2, 0.25) is 0 Å². The van der Waals surface area contributed by atoms with Crippen LogP contribution < -0.4 is 11.3 Å². The Kier molecular flexibility index (Phi) is 3.51. The highest BCUT2D eigenvalue weighted by Gasteiger charge is 2.14. The van der Waals surface area contributed by atoms with E-state index in [9.17, 15) is 0 Å². The zero-order chi connectivity index (χ0) is 12.3. The van der Waals surface area contributed by atoms with Gasteiger partial charge in [0.15, 0.2) is 0 Å². The van der Waals surface area contributed by atoms with Gasteiger partial charge in [-0.2, -0.15) is 0 Å². The topological polar surface area (TPSA) is 68.8 Å². The lowest BCUT2D eigenvalue weighted by molar-refractivity contribution is 0.527. The molecule has 0 aliphatic heterocycles. The minimum Gasteiger partial charge on any atom is -0.338 e. The van der Waals surface area contributed by atoms with Crippen molar-refractivity contribution in [3.63, 3.8) is 0 Å². The molecule has 3 N–H and O–H groups in total. The quantitative estimate of drug-likeness (QED) is 0.605. The summed E-state index contributed by atoms with van der Waals surface area (Å²) in [6.07, 6.45) is 8.11. The normalized spacial score (nSPS) is 12.6. The van der Waals surface area contributed by atoms with Crippen molar-refractivity contribution in [3.8, 4) is 0 Å². The minimum atomic E-state index is 0.0547. The number of nitrogens with zero attached hydrogens (tertiary/aromatic N) is 3. The van der Waals surface area contributed by atoms with E-state index in [0.717, 1.165) is 23.4 Å². The van der Waals surface area contributed by atoms with Crippen molar-refractivity contribution in [3.05, 3.63) is 47.8 Å². The van der Waals surface area contributed by atoms with Crippen LogP contribution in [-0.4, -0.2) is 14.5 Å². The Hall–Kier alpha value is -1.72. The summed E-state index contributed by atoms with van der Waals surface area (Å²) < 4.78 is 2.00. The second-order valence-corrected chi connectivity index (χ2v) is 4.11. The summed E-state index contributed by atoms with van der Waals surface area (Å²) in [5.41, 5.74) is 5.13. The molecule has 0 amide bonds. The van der Waals surface area contributed by atoms with E-state index < -0.39 is 0 Å². The molecule has 2 rings (SSSR count). The first-order valence-electron chi connectivity index (χ1n) is 5.55. The number of rotatable bonds is 4. The Morgan fingerprint density at radius 1 is 1.47 bits per heavy atom. The molecule has 2 aromatic rings. The maximum Gasteiger partial charge on any atom is 0.110 e. The number of aryl methyl sites for hydroxylation is 2. The molecule has 0 aliphatic carbocycles. The molecule has 0 aromatic carbocycles. The van der Waals surface area contributed by atoms with E-state index in [2.05, 4.69) is 15.4 Å². The molecule has 1 atom stereocenters. The maximum atomic E-state index is 5.63. The summed E-state index contributed by atoms with van der Waals surface area (Å²) in [5.74, 6) is 6.64. The van der Waals surface area contributed by atoms with Gasteiger partial charge in [0, 0.05) is 38.3 Å². The maximum absolute atomic E-state index is 5.63. The van der Waals surface area contributed by atoms with Crippen molar-refractivity contribution in [2.45, 2.75) is 19.4 Å². The average molecular weight is 231 g/mol. The summed E-state index contributed by atoms with van der Waals surface area (Å²) in [4.78, 5) is 8.40. The molecular weight excluding hydrogens is 214 g/mol. The smallest absolute Gasteiger partial charge is 0.110 e. The van der Waals surface area contributed by atoms with Crippen LogP contribution in [0.4, 0.5) is 0 Å². The van der Waals surface area contributed by atoms with Gasteiger partial charge in [-0.05, 0) is 24.1 Å². The van der Waals surface area contributed by atoms with E-state index in [1.165, 1.54) is 0 Å². The highest BCUT2D eigenvalue weighted by Crippen LogP contribution is 2.19. The lowest BCUT2D eigenvalue weighted by Gasteiger charge is -2.17. The van der Waals surface area contributed by atoms with Crippen LogP contribution in [0.3, 0.4) is 0 Å². The monoisotopic (exact) mass is 231 g/mol. The number of nitrogens with one attached hydrogen (secondary N) is 1. The van der Waals surface area contributed by atoms with Crippen molar-refractivity contribution < 1.29 is 0 Å². The minimum absolute atomic E-state index is 0.0547. The van der Waals surface area contributed by atoms with Crippen LogP contribution in [0.15, 0.2) is 30.9 Å². The Labute approximate surface area is 101 Å². The van der Waals surface area contributed by atoms with E-state index in [1.54, 1.807) is 12.4 Å². The molecule has 5 heteroatoms. The van der Waals surface area contributed by atoms with Crippen LogP contribution >= 0.6 is 0 Å². The van der Waals surface area contributed by atoms with Gasteiger partial charge < -0.3 is 4.57 Å². The third-order valence-corrected chi connectivity index (χ3v) is 2.95. The average Bonchev–Trinajstić information content (AvgIpc) is 2.73. The van der Waals surface area contributed by atoms with Crippen molar-refractivity contribution >= 4 is 0 Å². The SMILES string of the molecule is Cc1cnccc1C(Cc1nccn1C)NN. The predicted octanol–water partition coefficient (Wildman–Crippen LogP) is 0.871. The van der Waals surface area contributed by atoms with Gasteiger partial charge in [-0.15, -0.1) is 0 Å². The Balaban J connectivity index is 2.23. The number of aromatic nitrogens is 3. The van der Waals surface area contributed by atoms with Crippen LogP contribution in [-0.2, 0) is 13.5 Å². The van der Waals surface area contributed by atoms with Gasteiger partial charge in [-0.3, -0.25) is 16.3 Å². The zero-order valence-corrected chi connectivity index (χ0v) is 10.1. The van der Waals surface area contributed by atoms with Gasteiger partial charge >= 0.3 is 0 Å². The standard InChI is InChI=1S/C12H17N5/c1-9-8-14-4-3-10(9)11(16-13)7-12-15-5-6-17(12)2/h3-6,8,11,16H,7,13H2,1-2H3. The van der Waals surface area contributed by atoms with Gasteiger partial charge in [-0.25, -0.2) is 4.98 Å². The molecule has 1 unspecified atom stereocenters. The predicted molar refractivity (Wildman–Crippen MR) is 66.0 cm³/mol. The van der Waals surface area contributed by atoms with Crippen LogP contribution in [0.2, 0.25) is 0 Å². The summed E-state index contributed by atoms with van der Waals surface area (Å²) in [6, 6.07) is 2.04. The van der Waals surface area contributed by atoms with E-state index in [1.807, 2.05) is 37.0 Å². The number of hydrazine groups is 1. The Morgan fingerprint density at radius 2 is 2.29 bits per heavy atom. The van der Waals surface area contributed by atoms with Gasteiger partial charge in [0.05, 0.1) is 6.04 Å². The fraction of sp³-hybridized carbons (Fsp3) is 0.333. The van der Waals surface area contributed by atoms with Crippen LogP contribution in [0, 0.1) is 6.92 Å². The van der Waals surface area contributed by atoms with Crippen molar-refractivity contribution in [1.29, 1.82) is 0 Å². The Morgan fingerprint density at radius 3 is 2.88 bits per heavy atom. The van der Waals surface area contributed by atoms with E-state index in [-0.39, 0.29) is 6.04 Å². The summed E-state index contributed by atoms with van der Waals surface area (Å²) in [6.45, 7) is 2.03. The fourth-order valence-corrected chi connectivity index (χ4v) is 1.91. The molecule has 0 saturated heterocycles. The number of hydrogen-bond acceptors (Lipinski definition) is 4. The van der Waals surface area contributed by atoms with Gasteiger partial charge in [-0.1, -0.05) is 0 Å². The second-order valence-electron chi connectivity index (χ2n) is 4.11. The van der Waals surface area contributed by atoms with Gasteiger partial charge in [0.1, 0.15) is 5.82 Å².